The van der Waals surface area contributed by atoms with Crippen molar-refractivity contribution in [1.82, 2.24) is 29.6 Å². The Kier molecular flexibility index (Phi) is 4.39. The van der Waals surface area contributed by atoms with Crippen molar-refractivity contribution in [3.8, 4) is 11.5 Å². The molecule has 138 valence electrons. The van der Waals surface area contributed by atoms with Crippen LogP contribution >= 0.6 is 0 Å². The van der Waals surface area contributed by atoms with E-state index in [9.17, 15) is 0 Å². The van der Waals surface area contributed by atoms with Crippen LogP contribution in [0.1, 0.15) is 23.0 Å². The number of rotatable bonds is 4. The van der Waals surface area contributed by atoms with E-state index in [1.807, 2.05) is 0 Å². The van der Waals surface area contributed by atoms with E-state index in [2.05, 4.69) is 90.3 Å². The summed E-state index contributed by atoms with van der Waals surface area (Å²) in [5.74, 6) is 1.75. The van der Waals surface area contributed by atoms with Crippen LogP contribution < -0.4 is 0 Å². The van der Waals surface area contributed by atoms with Gasteiger partial charge in [-0.05, 0) is 11.1 Å². The second kappa shape index (κ2) is 7.32. The lowest BCUT2D eigenvalue weighted by atomic mass is 9.96. The van der Waals surface area contributed by atoms with Crippen LogP contribution in [0.2, 0.25) is 0 Å². The summed E-state index contributed by atoms with van der Waals surface area (Å²) in [6.07, 6.45) is 5.09. The Labute approximate surface area is 163 Å². The van der Waals surface area contributed by atoms with Crippen LogP contribution in [0.15, 0.2) is 79.3 Å². The molecule has 4 aromatic rings. The molecule has 5 rings (SSSR count). The molecule has 0 amide bonds. The first-order valence-corrected chi connectivity index (χ1v) is 9.42. The minimum Gasteiger partial charge on any atom is -0.307 e. The fourth-order valence-electron chi connectivity index (χ4n) is 3.89. The molecule has 3 heterocycles. The summed E-state index contributed by atoms with van der Waals surface area (Å²) >= 11 is 0. The molecule has 0 unspecified atom stereocenters. The van der Waals surface area contributed by atoms with E-state index in [0.717, 1.165) is 37.0 Å². The van der Waals surface area contributed by atoms with Crippen molar-refractivity contribution in [2.75, 3.05) is 6.54 Å². The van der Waals surface area contributed by atoms with Gasteiger partial charge in [-0.3, -0.25) is 9.88 Å². The normalized spacial score (nSPS) is 14.2. The second-order valence-corrected chi connectivity index (χ2v) is 6.88. The van der Waals surface area contributed by atoms with Crippen LogP contribution in [0, 0.1) is 0 Å². The fraction of sp³-hybridized carbons (Fsp3) is 0.182. The van der Waals surface area contributed by atoms with E-state index in [-0.39, 0.29) is 6.04 Å². The average Bonchev–Trinajstić information content (AvgIpc) is 3.19. The van der Waals surface area contributed by atoms with Crippen LogP contribution in [0.25, 0.3) is 11.5 Å². The molecule has 0 fully saturated rings. The number of hydrogen-bond acceptors (Lipinski definition) is 5. The maximum Gasteiger partial charge on any atom is 0.184 e. The van der Waals surface area contributed by atoms with Gasteiger partial charge in [-0.25, -0.2) is 4.98 Å². The Morgan fingerprint density at radius 1 is 0.786 bits per heavy atom. The lowest BCUT2D eigenvalue weighted by Crippen LogP contribution is -2.37. The molecule has 6 nitrogen and oxygen atoms in total. The van der Waals surface area contributed by atoms with Gasteiger partial charge in [0.15, 0.2) is 5.82 Å². The van der Waals surface area contributed by atoms with Crippen molar-refractivity contribution in [1.29, 1.82) is 0 Å². The lowest BCUT2D eigenvalue weighted by Gasteiger charge is -2.35. The van der Waals surface area contributed by atoms with Gasteiger partial charge in [0.25, 0.3) is 0 Å². The summed E-state index contributed by atoms with van der Waals surface area (Å²) in [5.41, 5.74) is 3.34. The Bertz CT molecular complexity index is 1010. The van der Waals surface area contributed by atoms with Gasteiger partial charge in [-0.1, -0.05) is 60.7 Å². The number of hydrogen-bond donors (Lipinski definition) is 0. The third kappa shape index (κ3) is 3.08. The van der Waals surface area contributed by atoms with Gasteiger partial charge in [0.2, 0.25) is 0 Å². The summed E-state index contributed by atoms with van der Waals surface area (Å²) in [6.45, 7) is 2.47. The highest BCUT2D eigenvalue weighted by Crippen LogP contribution is 2.32. The molecule has 2 aromatic carbocycles. The molecule has 0 bridgehead atoms. The Morgan fingerprint density at radius 3 is 2.14 bits per heavy atom. The Balaban J connectivity index is 1.49. The molecule has 0 saturated heterocycles. The highest BCUT2D eigenvalue weighted by molar-refractivity contribution is 5.47. The minimum atomic E-state index is 0.188. The van der Waals surface area contributed by atoms with Crippen LogP contribution in [0.3, 0.4) is 0 Å². The zero-order chi connectivity index (χ0) is 18.8. The predicted octanol–water partition coefficient (Wildman–Crippen LogP) is 3.34. The Hall–Kier alpha value is -3.38. The topological polar surface area (TPSA) is 59.7 Å². The largest absolute Gasteiger partial charge is 0.307 e. The molecule has 28 heavy (non-hydrogen) atoms. The maximum absolute atomic E-state index is 4.46. The van der Waals surface area contributed by atoms with Crippen molar-refractivity contribution in [2.24, 2.45) is 0 Å². The minimum absolute atomic E-state index is 0.188. The molecule has 0 spiro atoms. The maximum atomic E-state index is 4.46. The quantitative estimate of drug-likeness (QED) is 0.553. The van der Waals surface area contributed by atoms with Crippen molar-refractivity contribution >= 4 is 0 Å². The third-order valence-corrected chi connectivity index (χ3v) is 5.17. The molecule has 6 heteroatoms. The second-order valence-electron chi connectivity index (χ2n) is 6.88. The van der Waals surface area contributed by atoms with Crippen LogP contribution in [-0.4, -0.2) is 36.2 Å². The molecule has 0 atom stereocenters. The van der Waals surface area contributed by atoms with E-state index < -0.39 is 0 Å². The third-order valence-electron chi connectivity index (χ3n) is 5.17. The molecule has 1 aliphatic heterocycles. The molecular weight excluding hydrogens is 348 g/mol. The summed E-state index contributed by atoms with van der Waals surface area (Å²) in [6, 6.07) is 21.5. The van der Waals surface area contributed by atoms with Crippen LogP contribution in [-0.2, 0) is 13.1 Å². The lowest BCUT2D eigenvalue weighted by molar-refractivity contribution is 0.176. The standard InChI is InChI=1S/C22H20N6/c1-3-7-17(8-4-1)21(18-9-5-2-6-10-18)27-13-14-28-20(16-27)25-26-22(28)19-15-23-11-12-24-19/h1-12,15,21H,13-14,16H2. The molecule has 0 N–H and O–H groups in total. The smallest absolute Gasteiger partial charge is 0.184 e. The number of fused-ring (bicyclic) bond motifs is 1. The molecule has 0 radical (unpaired) electrons. The predicted molar refractivity (Wildman–Crippen MR) is 106 cm³/mol. The summed E-state index contributed by atoms with van der Waals surface area (Å²) in [7, 11) is 0. The Morgan fingerprint density at radius 2 is 1.50 bits per heavy atom. The van der Waals surface area contributed by atoms with E-state index in [1.165, 1.54) is 11.1 Å². The number of aromatic nitrogens is 5. The molecule has 0 saturated carbocycles. The number of nitrogens with zero attached hydrogens (tertiary/aromatic N) is 6. The van der Waals surface area contributed by atoms with E-state index >= 15 is 0 Å². The van der Waals surface area contributed by atoms with Crippen molar-refractivity contribution in [3.63, 3.8) is 0 Å². The van der Waals surface area contributed by atoms with Gasteiger partial charge >= 0.3 is 0 Å². The summed E-state index contributed by atoms with van der Waals surface area (Å²) in [4.78, 5) is 11.0. The fourth-order valence-corrected chi connectivity index (χ4v) is 3.89. The number of benzene rings is 2. The van der Waals surface area contributed by atoms with Gasteiger partial charge in [-0.2, -0.15) is 0 Å². The zero-order valence-electron chi connectivity index (χ0n) is 15.4. The van der Waals surface area contributed by atoms with Gasteiger partial charge in [0, 0.05) is 25.5 Å². The van der Waals surface area contributed by atoms with E-state index in [4.69, 9.17) is 0 Å². The molecular formula is C22H20N6. The summed E-state index contributed by atoms with van der Waals surface area (Å²) in [5, 5.41) is 8.85. The first kappa shape index (κ1) is 16.8. The molecule has 1 aliphatic rings. The van der Waals surface area contributed by atoms with Crippen molar-refractivity contribution in [2.45, 2.75) is 19.1 Å². The monoisotopic (exact) mass is 368 g/mol. The zero-order valence-corrected chi connectivity index (χ0v) is 15.4. The summed E-state index contributed by atoms with van der Waals surface area (Å²) < 4.78 is 2.16. The van der Waals surface area contributed by atoms with Gasteiger partial charge in [0.05, 0.1) is 18.8 Å². The van der Waals surface area contributed by atoms with Crippen molar-refractivity contribution in [3.05, 3.63) is 96.2 Å². The highest BCUT2D eigenvalue weighted by Gasteiger charge is 2.29. The van der Waals surface area contributed by atoms with E-state index in [0.29, 0.717) is 0 Å². The van der Waals surface area contributed by atoms with Crippen molar-refractivity contribution < 1.29 is 0 Å². The average molecular weight is 368 g/mol. The van der Waals surface area contributed by atoms with Crippen LogP contribution in [0.4, 0.5) is 0 Å². The highest BCUT2D eigenvalue weighted by atomic mass is 15.3. The van der Waals surface area contributed by atoms with Crippen LogP contribution in [0.5, 0.6) is 0 Å². The molecule has 2 aromatic heterocycles. The van der Waals surface area contributed by atoms with Gasteiger partial charge in [-0.15, -0.1) is 10.2 Å². The SMILES string of the molecule is c1ccc(C(c2ccccc2)N2CCn3c(nnc3-c3cnccn3)C2)cc1. The van der Waals surface area contributed by atoms with Gasteiger partial charge < -0.3 is 4.57 Å². The molecule has 0 aliphatic carbocycles. The van der Waals surface area contributed by atoms with E-state index in [1.54, 1.807) is 18.6 Å². The first-order chi connectivity index (χ1) is 13.9. The first-order valence-electron chi connectivity index (χ1n) is 9.42. The van der Waals surface area contributed by atoms with Gasteiger partial charge in [0.1, 0.15) is 11.5 Å².